The van der Waals surface area contributed by atoms with Gasteiger partial charge >= 0.3 is 6.36 Å². The number of halogens is 4. The maximum absolute atomic E-state index is 11.9. The van der Waals surface area contributed by atoms with E-state index in [0.717, 1.165) is 12.1 Å². The second kappa shape index (κ2) is 5.31. The summed E-state index contributed by atoms with van der Waals surface area (Å²) in [5.74, 6) is 0.148. The van der Waals surface area contributed by atoms with E-state index in [9.17, 15) is 13.2 Å². The Bertz CT molecular complexity index is 561. The standard InChI is InChI=1S/C11H6ClF3N2O2/c12-9-5-10(17-6-16-9)18-7-1-3-8(4-2-7)19-11(13,14)15/h1-6H. The molecule has 1 aromatic heterocycles. The molecule has 0 atom stereocenters. The lowest BCUT2D eigenvalue weighted by Gasteiger charge is -2.09. The van der Waals surface area contributed by atoms with Crippen LogP contribution < -0.4 is 9.47 Å². The van der Waals surface area contributed by atoms with E-state index in [-0.39, 0.29) is 16.8 Å². The van der Waals surface area contributed by atoms with Crippen LogP contribution in [0.15, 0.2) is 36.7 Å². The summed E-state index contributed by atoms with van der Waals surface area (Å²) in [6, 6.07) is 6.27. The number of hydrogen-bond acceptors (Lipinski definition) is 4. The Hall–Kier alpha value is -2.02. The van der Waals surface area contributed by atoms with Crippen molar-refractivity contribution in [2.45, 2.75) is 6.36 Å². The van der Waals surface area contributed by atoms with Gasteiger partial charge in [-0.2, -0.15) is 0 Å². The maximum Gasteiger partial charge on any atom is 0.573 e. The third kappa shape index (κ3) is 4.29. The van der Waals surface area contributed by atoms with Gasteiger partial charge in [-0.3, -0.25) is 0 Å². The molecule has 2 aromatic rings. The third-order valence-electron chi connectivity index (χ3n) is 1.89. The van der Waals surface area contributed by atoms with E-state index < -0.39 is 6.36 Å². The molecule has 0 saturated carbocycles. The molecule has 4 nitrogen and oxygen atoms in total. The van der Waals surface area contributed by atoms with E-state index in [1.54, 1.807) is 0 Å². The van der Waals surface area contributed by atoms with Gasteiger partial charge in [0.1, 0.15) is 23.0 Å². The highest BCUT2D eigenvalue weighted by molar-refractivity contribution is 6.29. The first-order valence-electron chi connectivity index (χ1n) is 4.93. The van der Waals surface area contributed by atoms with Gasteiger partial charge in [-0.1, -0.05) is 11.6 Å². The summed E-state index contributed by atoms with van der Waals surface area (Å²) in [5.41, 5.74) is 0. The van der Waals surface area contributed by atoms with E-state index in [0.29, 0.717) is 5.75 Å². The molecule has 0 spiro atoms. The zero-order chi connectivity index (χ0) is 13.9. The molecule has 0 aliphatic rings. The van der Waals surface area contributed by atoms with Gasteiger partial charge in [0.15, 0.2) is 0 Å². The Labute approximate surface area is 110 Å². The highest BCUT2D eigenvalue weighted by atomic mass is 35.5. The van der Waals surface area contributed by atoms with Gasteiger partial charge in [-0.05, 0) is 24.3 Å². The van der Waals surface area contributed by atoms with Gasteiger partial charge in [-0.25, -0.2) is 9.97 Å². The Morgan fingerprint density at radius 2 is 1.63 bits per heavy atom. The minimum Gasteiger partial charge on any atom is -0.439 e. The summed E-state index contributed by atoms with van der Waals surface area (Å²) in [5, 5.41) is 0.196. The van der Waals surface area contributed by atoms with E-state index in [1.165, 1.54) is 24.5 Å². The highest BCUT2D eigenvalue weighted by Gasteiger charge is 2.30. The van der Waals surface area contributed by atoms with Crippen LogP contribution in [-0.2, 0) is 0 Å². The lowest BCUT2D eigenvalue weighted by Crippen LogP contribution is -2.16. The van der Waals surface area contributed by atoms with Crippen LogP contribution in [-0.4, -0.2) is 16.3 Å². The van der Waals surface area contributed by atoms with Crippen LogP contribution in [0.2, 0.25) is 5.15 Å². The number of rotatable bonds is 3. The van der Waals surface area contributed by atoms with Crippen molar-refractivity contribution in [2.75, 3.05) is 0 Å². The van der Waals surface area contributed by atoms with Crippen molar-refractivity contribution in [1.29, 1.82) is 0 Å². The summed E-state index contributed by atoms with van der Waals surface area (Å²) in [6.07, 6.45) is -3.51. The Kier molecular flexibility index (Phi) is 3.75. The summed E-state index contributed by atoms with van der Waals surface area (Å²) in [6.45, 7) is 0. The Balaban J connectivity index is 2.07. The quantitative estimate of drug-likeness (QED) is 0.806. The fourth-order valence-corrected chi connectivity index (χ4v) is 1.34. The molecule has 0 saturated heterocycles. The Morgan fingerprint density at radius 1 is 1.00 bits per heavy atom. The normalized spacial score (nSPS) is 11.2. The minimum atomic E-state index is -4.72. The van der Waals surface area contributed by atoms with Crippen LogP contribution in [0.5, 0.6) is 17.4 Å². The van der Waals surface area contributed by atoms with Crippen LogP contribution in [0.3, 0.4) is 0 Å². The number of ether oxygens (including phenoxy) is 2. The number of benzene rings is 1. The SMILES string of the molecule is FC(F)(F)Oc1ccc(Oc2cc(Cl)ncn2)cc1. The molecule has 100 valence electrons. The van der Waals surface area contributed by atoms with Gasteiger partial charge in [0.2, 0.25) is 5.88 Å². The zero-order valence-electron chi connectivity index (χ0n) is 9.19. The molecule has 0 N–H and O–H groups in total. The average Bonchev–Trinajstić information content (AvgIpc) is 2.30. The van der Waals surface area contributed by atoms with Crippen LogP contribution in [0.25, 0.3) is 0 Å². The predicted molar refractivity (Wildman–Crippen MR) is 60.2 cm³/mol. The Morgan fingerprint density at radius 3 is 2.21 bits per heavy atom. The van der Waals surface area contributed by atoms with Crippen LogP contribution in [0.4, 0.5) is 13.2 Å². The lowest BCUT2D eigenvalue weighted by molar-refractivity contribution is -0.274. The smallest absolute Gasteiger partial charge is 0.439 e. The van der Waals surface area contributed by atoms with Crippen molar-refractivity contribution >= 4 is 11.6 Å². The maximum atomic E-state index is 11.9. The zero-order valence-corrected chi connectivity index (χ0v) is 9.94. The number of alkyl halides is 3. The molecule has 19 heavy (non-hydrogen) atoms. The van der Waals surface area contributed by atoms with Crippen molar-refractivity contribution in [1.82, 2.24) is 9.97 Å². The molecule has 1 heterocycles. The number of aromatic nitrogens is 2. The summed E-state index contributed by atoms with van der Waals surface area (Å²) < 4.78 is 44.8. The second-order valence-electron chi connectivity index (χ2n) is 3.30. The third-order valence-corrected chi connectivity index (χ3v) is 2.10. The van der Waals surface area contributed by atoms with E-state index in [2.05, 4.69) is 14.7 Å². The van der Waals surface area contributed by atoms with Gasteiger partial charge in [-0.15, -0.1) is 13.2 Å². The molecule has 0 radical (unpaired) electrons. The molecule has 0 bridgehead atoms. The fraction of sp³-hybridized carbons (Fsp3) is 0.0909. The fourth-order valence-electron chi connectivity index (χ4n) is 1.20. The van der Waals surface area contributed by atoms with Gasteiger partial charge in [0, 0.05) is 6.07 Å². The largest absolute Gasteiger partial charge is 0.573 e. The first-order valence-corrected chi connectivity index (χ1v) is 5.31. The van der Waals surface area contributed by atoms with Gasteiger partial charge < -0.3 is 9.47 Å². The first-order chi connectivity index (χ1) is 8.92. The van der Waals surface area contributed by atoms with Crippen LogP contribution >= 0.6 is 11.6 Å². The molecular weight excluding hydrogens is 285 g/mol. The van der Waals surface area contributed by atoms with Crippen molar-refractivity contribution in [3.8, 4) is 17.4 Å². The summed E-state index contributed by atoms with van der Waals surface area (Å²) >= 11 is 5.63. The minimum absolute atomic E-state index is 0.185. The first kappa shape index (κ1) is 13.4. The number of hydrogen-bond donors (Lipinski definition) is 0. The summed E-state index contributed by atoms with van der Waals surface area (Å²) in [4.78, 5) is 7.45. The number of nitrogens with zero attached hydrogens (tertiary/aromatic N) is 2. The van der Waals surface area contributed by atoms with Crippen LogP contribution in [0, 0.1) is 0 Å². The molecular formula is C11H6ClF3N2O2. The van der Waals surface area contributed by atoms with Gasteiger partial charge in [0.25, 0.3) is 0 Å². The molecule has 0 aliphatic heterocycles. The molecule has 0 aliphatic carbocycles. The topological polar surface area (TPSA) is 44.2 Å². The van der Waals surface area contributed by atoms with Crippen molar-refractivity contribution < 1.29 is 22.6 Å². The molecule has 8 heteroatoms. The van der Waals surface area contributed by atoms with Crippen LogP contribution in [0.1, 0.15) is 0 Å². The van der Waals surface area contributed by atoms with Crippen molar-refractivity contribution in [3.63, 3.8) is 0 Å². The molecule has 0 fully saturated rings. The molecule has 2 rings (SSSR count). The molecule has 0 amide bonds. The monoisotopic (exact) mass is 290 g/mol. The second-order valence-corrected chi connectivity index (χ2v) is 3.69. The van der Waals surface area contributed by atoms with Gasteiger partial charge in [0.05, 0.1) is 0 Å². The lowest BCUT2D eigenvalue weighted by atomic mass is 10.3. The predicted octanol–water partition coefficient (Wildman–Crippen LogP) is 3.82. The van der Waals surface area contributed by atoms with Crippen molar-refractivity contribution in [2.24, 2.45) is 0 Å². The summed E-state index contributed by atoms with van der Waals surface area (Å²) in [7, 11) is 0. The molecule has 0 unspecified atom stereocenters. The van der Waals surface area contributed by atoms with E-state index in [1.807, 2.05) is 0 Å². The average molecular weight is 291 g/mol. The van der Waals surface area contributed by atoms with Crippen molar-refractivity contribution in [3.05, 3.63) is 41.8 Å². The highest BCUT2D eigenvalue weighted by Crippen LogP contribution is 2.26. The molecule has 1 aromatic carbocycles. The van der Waals surface area contributed by atoms with E-state index >= 15 is 0 Å². The van der Waals surface area contributed by atoms with E-state index in [4.69, 9.17) is 16.3 Å².